The summed E-state index contributed by atoms with van der Waals surface area (Å²) in [6.07, 6.45) is 4.91. The van der Waals surface area contributed by atoms with Crippen LogP contribution < -0.4 is 5.32 Å². The van der Waals surface area contributed by atoms with Gasteiger partial charge in [-0.25, -0.2) is 0 Å². The number of halogens is 1. The van der Waals surface area contributed by atoms with Gasteiger partial charge in [-0.1, -0.05) is 28.1 Å². The lowest BCUT2D eigenvalue weighted by atomic mass is 10.1. The summed E-state index contributed by atoms with van der Waals surface area (Å²) in [4.78, 5) is 11.7. The van der Waals surface area contributed by atoms with Crippen LogP contribution in [-0.2, 0) is 24.8 Å². The van der Waals surface area contributed by atoms with E-state index in [1.54, 1.807) is 10.9 Å². The summed E-state index contributed by atoms with van der Waals surface area (Å²) < 4.78 is 2.78. The molecule has 0 aliphatic carbocycles. The molecule has 0 saturated carbocycles. The van der Waals surface area contributed by atoms with E-state index in [4.69, 9.17) is 0 Å². The van der Waals surface area contributed by atoms with E-state index in [9.17, 15) is 4.79 Å². The van der Waals surface area contributed by atoms with Crippen LogP contribution >= 0.6 is 15.9 Å². The lowest BCUT2D eigenvalue weighted by molar-refractivity contribution is -0.121. The Morgan fingerprint density at radius 2 is 2.05 bits per heavy atom. The Hall–Kier alpha value is -1.62. The van der Waals surface area contributed by atoms with Gasteiger partial charge in [0.15, 0.2) is 0 Å². The van der Waals surface area contributed by atoms with Crippen molar-refractivity contribution in [1.29, 1.82) is 0 Å². The van der Waals surface area contributed by atoms with Crippen LogP contribution in [0.2, 0.25) is 0 Å². The number of benzene rings is 1. The van der Waals surface area contributed by atoms with Crippen LogP contribution in [-0.4, -0.2) is 15.7 Å². The second-order valence-corrected chi connectivity index (χ2v) is 5.34. The lowest BCUT2D eigenvalue weighted by Crippen LogP contribution is -2.22. The topological polar surface area (TPSA) is 46.9 Å². The molecule has 0 fully saturated rings. The quantitative estimate of drug-likeness (QED) is 0.919. The number of nitrogens with zero attached hydrogens (tertiary/aromatic N) is 2. The van der Waals surface area contributed by atoms with Crippen molar-refractivity contribution in [3.63, 3.8) is 0 Å². The summed E-state index contributed by atoms with van der Waals surface area (Å²) in [6.45, 7) is 0.535. The summed E-state index contributed by atoms with van der Waals surface area (Å²) >= 11 is 3.39. The highest BCUT2D eigenvalue weighted by molar-refractivity contribution is 9.10. The molecule has 0 spiro atoms. The summed E-state index contributed by atoms with van der Waals surface area (Å²) in [7, 11) is 1.86. The first-order valence-electron chi connectivity index (χ1n) is 6.12. The Kier molecular flexibility index (Phi) is 4.74. The Morgan fingerprint density at radius 1 is 1.32 bits per heavy atom. The summed E-state index contributed by atoms with van der Waals surface area (Å²) in [5.41, 5.74) is 2.18. The van der Waals surface area contributed by atoms with Gasteiger partial charge < -0.3 is 5.32 Å². The predicted molar refractivity (Wildman–Crippen MR) is 77.5 cm³/mol. The van der Waals surface area contributed by atoms with Gasteiger partial charge in [-0.2, -0.15) is 5.10 Å². The van der Waals surface area contributed by atoms with Gasteiger partial charge in [0.25, 0.3) is 0 Å². The van der Waals surface area contributed by atoms with E-state index in [0.29, 0.717) is 13.0 Å². The molecule has 19 heavy (non-hydrogen) atoms. The van der Waals surface area contributed by atoms with Gasteiger partial charge in [0, 0.05) is 36.2 Å². The molecule has 2 aromatic rings. The van der Waals surface area contributed by atoms with E-state index < -0.39 is 0 Å². The zero-order chi connectivity index (χ0) is 13.7. The number of hydrogen-bond acceptors (Lipinski definition) is 2. The van der Waals surface area contributed by atoms with E-state index in [0.717, 1.165) is 16.5 Å². The third-order valence-electron chi connectivity index (χ3n) is 2.80. The van der Waals surface area contributed by atoms with Crippen LogP contribution in [0.3, 0.4) is 0 Å². The van der Waals surface area contributed by atoms with Crippen molar-refractivity contribution in [2.75, 3.05) is 0 Å². The molecule has 0 radical (unpaired) electrons. The van der Waals surface area contributed by atoms with Gasteiger partial charge in [-0.15, -0.1) is 0 Å². The van der Waals surface area contributed by atoms with Crippen LogP contribution in [0.1, 0.15) is 17.5 Å². The Balaban J connectivity index is 1.74. The first kappa shape index (κ1) is 13.8. The van der Waals surface area contributed by atoms with E-state index in [-0.39, 0.29) is 5.91 Å². The van der Waals surface area contributed by atoms with E-state index in [2.05, 4.69) is 26.3 Å². The molecule has 0 bridgehead atoms. The largest absolute Gasteiger partial charge is 0.352 e. The number of carbonyl (C=O) groups excluding carboxylic acids is 1. The molecule has 0 unspecified atom stereocenters. The Labute approximate surface area is 120 Å². The third kappa shape index (κ3) is 4.52. The van der Waals surface area contributed by atoms with Crippen LogP contribution in [0.25, 0.3) is 0 Å². The summed E-state index contributed by atoms with van der Waals surface area (Å²) in [5, 5.41) is 6.95. The number of carbonyl (C=O) groups is 1. The van der Waals surface area contributed by atoms with Crippen molar-refractivity contribution in [2.24, 2.45) is 7.05 Å². The van der Waals surface area contributed by atoms with E-state index in [1.807, 2.05) is 37.5 Å². The molecule has 1 aromatic carbocycles. The van der Waals surface area contributed by atoms with Crippen molar-refractivity contribution in [3.8, 4) is 0 Å². The fraction of sp³-hybridized carbons (Fsp3) is 0.286. The minimum atomic E-state index is 0.0618. The number of hydrogen-bond donors (Lipinski definition) is 1. The average Bonchev–Trinajstić information content (AvgIpc) is 2.81. The predicted octanol–water partition coefficient (Wildman–Crippen LogP) is 2.43. The summed E-state index contributed by atoms with van der Waals surface area (Å²) in [5.74, 6) is 0.0618. The molecular weight excluding hydrogens is 306 g/mol. The van der Waals surface area contributed by atoms with Crippen molar-refractivity contribution in [3.05, 3.63) is 52.3 Å². The first-order valence-corrected chi connectivity index (χ1v) is 6.91. The minimum Gasteiger partial charge on any atom is -0.352 e. The second-order valence-electron chi connectivity index (χ2n) is 4.43. The molecular formula is C14H16BrN3O. The lowest BCUT2D eigenvalue weighted by Gasteiger charge is -2.04. The van der Waals surface area contributed by atoms with Crippen LogP contribution in [0, 0.1) is 0 Å². The normalized spacial score (nSPS) is 10.4. The van der Waals surface area contributed by atoms with Crippen LogP contribution in [0.5, 0.6) is 0 Å². The zero-order valence-electron chi connectivity index (χ0n) is 10.8. The highest BCUT2D eigenvalue weighted by atomic mass is 79.9. The Bertz CT molecular complexity index is 548. The van der Waals surface area contributed by atoms with Crippen LogP contribution in [0.4, 0.5) is 0 Å². The van der Waals surface area contributed by atoms with Gasteiger partial charge in [0.1, 0.15) is 0 Å². The van der Waals surface area contributed by atoms with Crippen molar-refractivity contribution in [1.82, 2.24) is 15.1 Å². The van der Waals surface area contributed by atoms with Crippen molar-refractivity contribution >= 4 is 21.8 Å². The molecule has 0 atom stereocenters. The monoisotopic (exact) mass is 321 g/mol. The maximum Gasteiger partial charge on any atom is 0.220 e. The number of aromatic nitrogens is 2. The first-order chi connectivity index (χ1) is 9.13. The second kappa shape index (κ2) is 6.52. The van der Waals surface area contributed by atoms with Crippen molar-refractivity contribution in [2.45, 2.75) is 19.4 Å². The van der Waals surface area contributed by atoms with Gasteiger partial charge in [0.05, 0.1) is 6.20 Å². The average molecular weight is 322 g/mol. The molecule has 5 heteroatoms. The molecule has 1 aromatic heterocycles. The van der Waals surface area contributed by atoms with Crippen molar-refractivity contribution < 1.29 is 4.79 Å². The molecule has 0 aliphatic rings. The highest BCUT2D eigenvalue weighted by Crippen LogP contribution is 2.11. The molecule has 1 heterocycles. The molecule has 0 aliphatic heterocycles. The standard InChI is InChI=1S/C14H16BrN3O/c1-18-10-12(9-17-18)8-16-14(19)7-4-11-2-5-13(15)6-3-11/h2-3,5-6,9-10H,4,7-8H2,1H3,(H,16,19). The maximum atomic E-state index is 11.7. The maximum absolute atomic E-state index is 11.7. The Morgan fingerprint density at radius 3 is 2.68 bits per heavy atom. The van der Waals surface area contributed by atoms with Gasteiger partial charge in [-0.3, -0.25) is 9.48 Å². The molecule has 2 rings (SSSR count). The highest BCUT2D eigenvalue weighted by Gasteiger charge is 2.03. The van der Waals surface area contributed by atoms with Gasteiger partial charge in [0.2, 0.25) is 5.91 Å². The number of amides is 1. The fourth-order valence-electron chi connectivity index (χ4n) is 1.76. The third-order valence-corrected chi connectivity index (χ3v) is 3.33. The molecule has 100 valence electrons. The fourth-order valence-corrected chi connectivity index (χ4v) is 2.03. The zero-order valence-corrected chi connectivity index (χ0v) is 12.4. The SMILES string of the molecule is Cn1cc(CNC(=O)CCc2ccc(Br)cc2)cn1. The van der Waals surface area contributed by atoms with Crippen LogP contribution in [0.15, 0.2) is 41.1 Å². The van der Waals surface area contributed by atoms with E-state index >= 15 is 0 Å². The minimum absolute atomic E-state index is 0.0618. The molecule has 1 N–H and O–H groups in total. The molecule has 4 nitrogen and oxygen atoms in total. The smallest absolute Gasteiger partial charge is 0.220 e. The van der Waals surface area contributed by atoms with E-state index in [1.165, 1.54) is 5.56 Å². The number of rotatable bonds is 5. The van der Waals surface area contributed by atoms with Gasteiger partial charge in [-0.05, 0) is 24.1 Å². The van der Waals surface area contributed by atoms with Gasteiger partial charge >= 0.3 is 0 Å². The summed E-state index contributed by atoms with van der Waals surface area (Å²) in [6, 6.07) is 8.03. The molecule has 0 saturated heterocycles. The number of nitrogens with one attached hydrogen (secondary N) is 1. The molecule has 1 amide bonds. The number of aryl methyl sites for hydroxylation is 2.